The highest BCUT2D eigenvalue weighted by atomic mass is 19.2. The van der Waals surface area contributed by atoms with Crippen molar-refractivity contribution in [2.45, 2.75) is 78.4 Å². The van der Waals surface area contributed by atoms with Crippen molar-refractivity contribution in [1.82, 2.24) is 10.3 Å². The molecule has 0 aliphatic carbocycles. The van der Waals surface area contributed by atoms with Gasteiger partial charge in [0.05, 0.1) is 0 Å². The highest BCUT2D eigenvalue weighted by Crippen LogP contribution is 2.17. The fourth-order valence-electron chi connectivity index (χ4n) is 3.43. The summed E-state index contributed by atoms with van der Waals surface area (Å²) in [5.41, 5.74) is -1.27. The van der Waals surface area contributed by atoms with E-state index in [0.717, 1.165) is 0 Å². The molecule has 11 heteroatoms. The van der Waals surface area contributed by atoms with E-state index in [2.05, 4.69) is 27.5 Å². The lowest BCUT2D eigenvalue weighted by atomic mass is 10.0. The summed E-state index contributed by atoms with van der Waals surface area (Å²) in [5, 5.41) is 5.26. The van der Waals surface area contributed by atoms with E-state index in [-0.39, 0.29) is 17.3 Å². The van der Waals surface area contributed by atoms with Crippen LogP contribution >= 0.6 is 0 Å². The van der Waals surface area contributed by atoms with Gasteiger partial charge in [-0.3, -0.25) is 9.59 Å². The molecule has 0 radical (unpaired) electrons. The summed E-state index contributed by atoms with van der Waals surface area (Å²) >= 11 is 0. The first-order valence-corrected chi connectivity index (χ1v) is 12.8. The topological polar surface area (TPSA) is 97.4 Å². The Kier molecular flexibility index (Phi) is 11.7. The fourth-order valence-corrected chi connectivity index (χ4v) is 3.43. The van der Waals surface area contributed by atoms with E-state index in [1.54, 1.807) is 20.8 Å². The first kappa shape index (κ1) is 32.3. The molecule has 40 heavy (non-hydrogen) atoms. The second-order valence-corrected chi connectivity index (χ2v) is 10.4. The van der Waals surface area contributed by atoms with Gasteiger partial charge in [-0.15, -0.1) is 0 Å². The minimum atomic E-state index is -1.81. The van der Waals surface area contributed by atoms with Gasteiger partial charge in [-0.2, -0.15) is 13.8 Å². The number of carbonyl (C=O) groups is 3. The molecule has 2 N–H and O–H groups in total. The molecule has 0 aliphatic heterocycles. The van der Waals surface area contributed by atoms with E-state index in [1.807, 2.05) is 13.8 Å². The van der Waals surface area contributed by atoms with Crippen LogP contribution in [0, 0.1) is 41.3 Å². The molecule has 0 bridgehead atoms. The van der Waals surface area contributed by atoms with Gasteiger partial charge in [0.1, 0.15) is 23.0 Å². The molecule has 1 aromatic carbocycles. The third-order valence-corrected chi connectivity index (χ3v) is 5.55. The lowest BCUT2D eigenvalue weighted by Crippen LogP contribution is -2.45. The van der Waals surface area contributed by atoms with Crippen LogP contribution in [-0.2, 0) is 14.3 Å². The van der Waals surface area contributed by atoms with Crippen LogP contribution in [0.2, 0.25) is 0 Å². The third-order valence-electron chi connectivity index (χ3n) is 5.55. The highest BCUT2D eigenvalue weighted by molar-refractivity contribution is 5.96. The Morgan fingerprint density at radius 3 is 2.08 bits per heavy atom. The van der Waals surface area contributed by atoms with Crippen LogP contribution in [-0.4, -0.2) is 34.4 Å². The third kappa shape index (κ3) is 10.3. The molecule has 1 atom stereocenters. The van der Waals surface area contributed by atoms with E-state index in [0.29, 0.717) is 37.8 Å². The number of amides is 2. The average Bonchev–Trinajstić information content (AvgIpc) is 2.86. The quantitative estimate of drug-likeness (QED) is 0.159. The minimum Gasteiger partial charge on any atom is -0.444 e. The van der Waals surface area contributed by atoms with Crippen LogP contribution < -0.4 is 10.6 Å². The zero-order valence-electron chi connectivity index (χ0n) is 23.1. The van der Waals surface area contributed by atoms with Crippen molar-refractivity contribution < 1.29 is 36.7 Å². The predicted molar refractivity (Wildman–Crippen MR) is 141 cm³/mol. The van der Waals surface area contributed by atoms with Gasteiger partial charge in [0, 0.05) is 23.6 Å². The molecule has 0 unspecified atom stereocenters. The van der Waals surface area contributed by atoms with Gasteiger partial charge in [0.2, 0.25) is 5.91 Å². The number of halogens is 4. The van der Waals surface area contributed by atoms with Crippen molar-refractivity contribution in [2.75, 3.05) is 5.32 Å². The van der Waals surface area contributed by atoms with Crippen molar-refractivity contribution in [1.29, 1.82) is 0 Å². The normalized spacial score (nSPS) is 11.8. The number of aromatic nitrogens is 1. The van der Waals surface area contributed by atoms with E-state index >= 15 is 0 Å². The van der Waals surface area contributed by atoms with Crippen molar-refractivity contribution in [2.24, 2.45) is 5.92 Å². The zero-order chi connectivity index (χ0) is 30.0. The largest absolute Gasteiger partial charge is 0.444 e. The lowest BCUT2D eigenvalue weighted by molar-refractivity contribution is -0.122. The number of anilines is 1. The van der Waals surface area contributed by atoms with Gasteiger partial charge < -0.3 is 15.4 Å². The number of Topliss-reactive ketones (excluding diaryl/α,β-unsaturated/α-hetero) is 1. The van der Waals surface area contributed by atoms with Crippen molar-refractivity contribution in [3.63, 3.8) is 0 Å². The standard InChI is InChI=1S/C29H33F4N3O4/c1-17(2)22(37)10-8-6-7-9-21(35-28(39)40-29(3,4)5)27(38)34-19-14-11-18(12-15-19)13-16-20-23(30)25(32)36-26(33)24(20)31/h11-12,14-15,17,21H,6-10H2,1-5H3,(H,34,38)(H,35,39)/t21-/m0/s1. The number of ketones is 1. The monoisotopic (exact) mass is 563 g/mol. The first-order chi connectivity index (χ1) is 18.7. The lowest BCUT2D eigenvalue weighted by Gasteiger charge is -2.23. The molecule has 0 saturated heterocycles. The summed E-state index contributed by atoms with van der Waals surface area (Å²) in [6.07, 6.45) is 1.95. The van der Waals surface area contributed by atoms with Crippen molar-refractivity contribution in [3.05, 3.63) is 58.9 Å². The Morgan fingerprint density at radius 1 is 0.925 bits per heavy atom. The maximum atomic E-state index is 13.8. The second kappa shape index (κ2) is 14.4. The smallest absolute Gasteiger partial charge is 0.408 e. The van der Waals surface area contributed by atoms with Crippen LogP contribution in [0.1, 0.15) is 77.8 Å². The van der Waals surface area contributed by atoms with Crippen LogP contribution in [0.5, 0.6) is 0 Å². The average molecular weight is 564 g/mol. The molecular weight excluding hydrogens is 530 g/mol. The van der Waals surface area contributed by atoms with E-state index < -0.39 is 52.7 Å². The molecule has 0 saturated carbocycles. The van der Waals surface area contributed by atoms with Crippen LogP contribution in [0.15, 0.2) is 24.3 Å². The van der Waals surface area contributed by atoms with Gasteiger partial charge >= 0.3 is 6.09 Å². The molecular formula is C29H33F4N3O4. The number of nitrogens with one attached hydrogen (secondary N) is 2. The van der Waals surface area contributed by atoms with Crippen LogP contribution in [0.4, 0.5) is 28.0 Å². The number of ether oxygens (including phenoxy) is 1. The summed E-state index contributed by atoms with van der Waals surface area (Å²) in [5.74, 6) is -2.93. The Hall–Kier alpha value is -3.94. The number of hydrogen-bond acceptors (Lipinski definition) is 5. The predicted octanol–water partition coefficient (Wildman–Crippen LogP) is 6.05. The number of unbranched alkanes of at least 4 members (excludes halogenated alkanes) is 2. The number of benzene rings is 1. The molecule has 2 rings (SSSR count). The molecule has 0 fully saturated rings. The molecule has 2 amide bonds. The van der Waals surface area contributed by atoms with Gasteiger partial charge in [-0.05, 0) is 57.9 Å². The highest BCUT2D eigenvalue weighted by Gasteiger charge is 2.24. The van der Waals surface area contributed by atoms with Gasteiger partial charge in [0.25, 0.3) is 11.9 Å². The molecule has 216 valence electrons. The summed E-state index contributed by atoms with van der Waals surface area (Å²) in [6.45, 7) is 8.78. The Morgan fingerprint density at radius 2 is 1.52 bits per heavy atom. The fraction of sp³-hybridized carbons (Fsp3) is 0.448. The van der Waals surface area contributed by atoms with Crippen molar-refractivity contribution >= 4 is 23.5 Å². The number of nitrogens with zero attached hydrogens (tertiary/aromatic N) is 1. The first-order valence-electron chi connectivity index (χ1n) is 12.8. The number of hydrogen-bond donors (Lipinski definition) is 2. The van der Waals surface area contributed by atoms with Gasteiger partial charge in [-0.1, -0.05) is 38.5 Å². The van der Waals surface area contributed by atoms with Crippen LogP contribution in [0.25, 0.3) is 0 Å². The molecule has 7 nitrogen and oxygen atoms in total. The number of alkyl carbamates (subject to hydrolysis) is 1. The van der Waals surface area contributed by atoms with Crippen molar-refractivity contribution in [3.8, 4) is 11.8 Å². The Bertz CT molecular complexity index is 1250. The van der Waals surface area contributed by atoms with E-state index in [1.165, 1.54) is 24.3 Å². The SMILES string of the molecule is CC(C)C(=O)CCCCC[C@H](NC(=O)OC(C)(C)C)C(=O)Nc1ccc(C#Cc2c(F)c(F)nc(F)c2F)cc1. The minimum absolute atomic E-state index is 0.0336. The summed E-state index contributed by atoms with van der Waals surface area (Å²) in [6, 6.07) is 4.86. The molecule has 0 spiro atoms. The summed E-state index contributed by atoms with van der Waals surface area (Å²) < 4.78 is 59.3. The van der Waals surface area contributed by atoms with E-state index in [9.17, 15) is 31.9 Å². The number of pyridine rings is 1. The molecule has 1 heterocycles. The van der Waals surface area contributed by atoms with Crippen LogP contribution in [0.3, 0.4) is 0 Å². The molecule has 0 aliphatic rings. The summed E-state index contributed by atoms with van der Waals surface area (Å²) in [7, 11) is 0. The van der Waals surface area contributed by atoms with Gasteiger partial charge in [-0.25, -0.2) is 13.6 Å². The number of carbonyl (C=O) groups excluding carboxylic acids is 3. The maximum absolute atomic E-state index is 13.8. The zero-order valence-corrected chi connectivity index (χ0v) is 23.1. The molecule has 2 aromatic rings. The van der Waals surface area contributed by atoms with E-state index in [4.69, 9.17) is 4.74 Å². The van der Waals surface area contributed by atoms with Gasteiger partial charge in [0.15, 0.2) is 11.6 Å². The maximum Gasteiger partial charge on any atom is 0.408 e. The summed E-state index contributed by atoms with van der Waals surface area (Å²) in [4.78, 5) is 39.6. The Labute approximate surface area is 231 Å². The number of rotatable bonds is 10. The molecule has 1 aromatic heterocycles. The second-order valence-electron chi connectivity index (χ2n) is 10.4. The Balaban J connectivity index is 2.08.